The van der Waals surface area contributed by atoms with Crippen molar-refractivity contribution in [1.29, 1.82) is 0 Å². The molecule has 6 heteroatoms. The number of allylic oxidation sites excluding steroid dienone is 1. The van der Waals surface area contributed by atoms with Crippen molar-refractivity contribution >= 4 is 34.6 Å². The summed E-state index contributed by atoms with van der Waals surface area (Å²) in [6.07, 6.45) is 4.02. The highest BCUT2D eigenvalue weighted by Gasteiger charge is 2.37. The maximum absolute atomic E-state index is 13.6. The highest BCUT2D eigenvalue weighted by Crippen LogP contribution is 2.40. The number of amides is 1. The van der Waals surface area contributed by atoms with Crippen LogP contribution in [-0.2, 0) is 11.2 Å². The van der Waals surface area contributed by atoms with Gasteiger partial charge in [-0.3, -0.25) is 9.69 Å². The van der Waals surface area contributed by atoms with Crippen LogP contribution in [0, 0.1) is 0 Å². The van der Waals surface area contributed by atoms with Crippen LogP contribution in [0.1, 0.15) is 29.7 Å². The molecule has 0 aliphatic carbocycles. The molecule has 4 rings (SSSR count). The Bertz CT molecular complexity index is 1250. The number of rotatable bonds is 7. The molecule has 0 unspecified atom stereocenters. The molecule has 1 heterocycles. The summed E-state index contributed by atoms with van der Waals surface area (Å²) in [7, 11) is 1.51. The van der Waals surface area contributed by atoms with E-state index in [9.17, 15) is 9.90 Å². The predicted octanol–water partition coefficient (Wildman–Crippen LogP) is 6.49. The summed E-state index contributed by atoms with van der Waals surface area (Å²) in [5.41, 5.74) is 3.25. The number of aliphatic imine (C=N–C) groups is 1. The van der Waals surface area contributed by atoms with Crippen LogP contribution in [0.4, 0.5) is 5.69 Å². The molecule has 3 aromatic rings. The van der Waals surface area contributed by atoms with Gasteiger partial charge in [0.1, 0.15) is 0 Å². The minimum Gasteiger partial charge on any atom is -0.504 e. The number of phenols is 1. The van der Waals surface area contributed by atoms with Crippen molar-refractivity contribution in [2.75, 3.05) is 7.11 Å². The molecule has 0 radical (unpaired) electrons. The molecule has 0 spiro atoms. The first-order chi connectivity index (χ1) is 16.5. The SMILES string of the molecule is C=CCc1cc(/C=C2/SC(=Nc3ccccc3)N([C@H](C)c3ccccc3)C2=O)cc(OC)c1O. The Morgan fingerprint density at radius 1 is 1.12 bits per heavy atom. The molecule has 5 nitrogen and oxygen atoms in total. The number of benzene rings is 3. The Kier molecular flexibility index (Phi) is 7.18. The summed E-state index contributed by atoms with van der Waals surface area (Å²) < 4.78 is 5.34. The van der Waals surface area contributed by atoms with Gasteiger partial charge < -0.3 is 9.84 Å². The number of hydrogen-bond acceptors (Lipinski definition) is 5. The van der Waals surface area contributed by atoms with Crippen LogP contribution in [0.25, 0.3) is 6.08 Å². The molecule has 1 N–H and O–H groups in total. The van der Waals surface area contributed by atoms with E-state index in [4.69, 9.17) is 9.73 Å². The Hall–Kier alpha value is -3.77. The number of carbonyl (C=O) groups excluding carboxylic acids is 1. The molecule has 1 atom stereocenters. The van der Waals surface area contributed by atoms with Crippen LogP contribution in [0.3, 0.4) is 0 Å². The number of carbonyl (C=O) groups is 1. The predicted molar refractivity (Wildman–Crippen MR) is 139 cm³/mol. The molecule has 172 valence electrons. The third kappa shape index (κ3) is 4.92. The Balaban J connectivity index is 1.77. The average Bonchev–Trinajstić information content (AvgIpc) is 3.16. The number of aromatic hydroxyl groups is 1. The molecule has 3 aromatic carbocycles. The van der Waals surface area contributed by atoms with Gasteiger partial charge in [-0.15, -0.1) is 6.58 Å². The summed E-state index contributed by atoms with van der Waals surface area (Å²) in [6, 6.07) is 22.9. The molecular weight excluding hydrogens is 444 g/mol. The Morgan fingerprint density at radius 3 is 2.44 bits per heavy atom. The zero-order valence-electron chi connectivity index (χ0n) is 19.1. The van der Waals surface area contributed by atoms with Crippen molar-refractivity contribution in [1.82, 2.24) is 4.90 Å². The molecule has 1 saturated heterocycles. The van der Waals surface area contributed by atoms with Crippen LogP contribution in [-0.4, -0.2) is 28.2 Å². The van der Waals surface area contributed by atoms with E-state index in [1.807, 2.05) is 79.7 Å². The first kappa shape index (κ1) is 23.4. The van der Waals surface area contributed by atoms with Crippen LogP contribution in [0.15, 0.2) is 95.3 Å². The average molecular weight is 471 g/mol. The first-order valence-corrected chi connectivity index (χ1v) is 11.8. The quantitative estimate of drug-likeness (QED) is 0.316. The van der Waals surface area contributed by atoms with Gasteiger partial charge in [0.2, 0.25) is 0 Å². The second kappa shape index (κ2) is 10.4. The van der Waals surface area contributed by atoms with E-state index in [-0.39, 0.29) is 17.7 Å². The van der Waals surface area contributed by atoms with E-state index < -0.39 is 0 Å². The monoisotopic (exact) mass is 470 g/mol. The van der Waals surface area contributed by atoms with Crippen LogP contribution in [0.5, 0.6) is 11.5 Å². The normalized spacial score (nSPS) is 16.8. The lowest BCUT2D eigenvalue weighted by Crippen LogP contribution is -2.32. The smallest absolute Gasteiger partial charge is 0.267 e. The number of ether oxygens (including phenoxy) is 1. The Labute approximate surface area is 204 Å². The zero-order chi connectivity index (χ0) is 24.1. The third-order valence-corrected chi connectivity index (χ3v) is 6.53. The van der Waals surface area contributed by atoms with E-state index in [1.54, 1.807) is 17.0 Å². The number of thioether (sulfide) groups is 1. The fraction of sp³-hybridized carbons (Fsp3) is 0.143. The highest BCUT2D eigenvalue weighted by molar-refractivity contribution is 8.18. The van der Waals surface area contributed by atoms with Gasteiger partial charge in [0.05, 0.1) is 23.7 Å². The molecule has 0 aromatic heterocycles. The van der Waals surface area contributed by atoms with E-state index in [0.29, 0.717) is 27.8 Å². The van der Waals surface area contributed by atoms with Crippen molar-refractivity contribution in [2.45, 2.75) is 19.4 Å². The summed E-state index contributed by atoms with van der Waals surface area (Å²) in [6.45, 7) is 5.76. The fourth-order valence-corrected chi connectivity index (χ4v) is 4.86. The van der Waals surface area contributed by atoms with E-state index >= 15 is 0 Å². The fourth-order valence-electron chi connectivity index (χ4n) is 3.79. The minimum absolute atomic E-state index is 0.0839. The van der Waals surface area contributed by atoms with Gasteiger partial charge in [-0.25, -0.2) is 4.99 Å². The second-order valence-electron chi connectivity index (χ2n) is 7.83. The van der Waals surface area contributed by atoms with E-state index in [2.05, 4.69) is 6.58 Å². The van der Waals surface area contributed by atoms with E-state index in [0.717, 1.165) is 16.8 Å². The van der Waals surface area contributed by atoms with E-state index in [1.165, 1.54) is 18.9 Å². The number of phenolic OH excluding ortho intramolecular Hbond substituents is 1. The minimum atomic E-state index is -0.194. The summed E-state index contributed by atoms with van der Waals surface area (Å²) in [5.74, 6) is 0.322. The number of amidine groups is 1. The largest absolute Gasteiger partial charge is 0.504 e. The lowest BCUT2D eigenvalue weighted by Gasteiger charge is -2.24. The number of methoxy groups -OCH3 is 1. The lowest BCUT2D eigenvalue weighted by atomic mass is 10.0. The summed E-state index contributed by atoms with van der Waals surface area (Å²) in [4.78, 5) is 20.7. The molecule has 1 fully saturated rings. The standard InChI is InChI=1S/C28H26N2O3S/c1-4-11-22-16-20(17-24(33-3)26(22)31)18-25-27(32)30(19(2)21-12-7-5-8-13-21)28(34-25)29-23-14-9-6-10-15-23/h4-10,12-19,31H,1,11H2,2-3H3/b25-18+,29-28?/t19-/m1/s1. The molecule has 1 aliphatic rings. The molecule has 1 amide bonds. The van der Waals surface area contributed by atoms with Gasteiger partial charge in [0, 0.05) is 5.56 Å². The van der Waals surface area contributed by atoms with Gasteiger partial charge in [-0.2, -0.15) is 0 Å². The van der Waals surface area contributed by atoms with Crippen molar-refractivity contribution in [3.05, 3.63) is 107 Å². The number of para-hydroxylation sites is 1. The second-order valence-corrected chi connectivity index (χ2v) is 8.84. The first-order valence-electron chi connectivity index (χ1n) is 10.9. The molecule has 1 aliphatic heterocycles. The van der Waals surface area contributed by atoms with Gasteiger partial charge >= 0.3 is 0 Å². The van der Waals surface area contributed by atoms with Gasteiger partial charge in [-0.1, -0.05) is 54.6 Å². The van der Waals surface area contributed by atoms with Crippen molar-refractivity contribution < 1.29 is 14.6 Å². The van der Waals surface area contributed by atoms with Gasteiger partial charge in [0.25, 0.3) is 5.91 Å². The van der Waals surface area contributed by atoms with Crippen molar-refractivity contribution in [3.8, 4) is 11.5 Å². The number of hydrogen-bond donors (Lipinski definition) is 1. The van der Waals surface area contributed by atoms with Crippen molar-refractivity contribution in [2.24, 2.45) is 4.99 Å². The summed E-state index contributed by atoms with van der Waals surface area (Å²) in [5, 5.41) is 11.0. The van der Waals surface area contributed by atoms with Crippen LogP contribution >= 0.6 is 11.8 Å². The topological polar surface area (TPSA) is 62.1 Å². The number of nitrogens with zero attached hydrogens (tertiary/aromatic N) is 2. The molecule has 0 saturated carbocycles. The van der Waals surface area contributed by atoms with Crippen molar-refractivity contribution in [3.63, 3.8) is 0 Å². The lowest BCUT2D eigenvalue weighted by molar-refractivity contribution is -0.123. The highest BCUT2D eigenvalue weighted by atomic mass is 32.2. The van der Waals surface area contributed by atoms with Gasteiger partial charge in [-0.05, 0) is 66.6 Å². The van der Waals surface area contributed by atoms with Gasteiger partial charge in [0.15, 0.2) is 16.7 Å². The maximum atomic E-state index is 13.6. The zero-order valence-corrected chi connectivity index (χ0v) is 20.0. The van der Waals surface area contributed by atoms with Crippen LogP contribution < -0.4 is 4.74 Å². The maximum Gasteiger partial charge on any atom is 0.267 e. The third-order valence-electron chi connectivity index (χ3n) is 5.55. The summed E-state index contributed by atoms with van der Waals surface area (Å²) >= 11 is 1.34. The van der Waals surface area contributed by atoms with Crippen LogP contribution in [0.2, 0.25) is 0 Å². The molecule has 0 bridgehead atoms. The molecule has 34 heavy (non-hydrogen) atoms. The Morgan fingerprint density at radius 2 is 1.79 bits per heavy atom. The molecular formula is C28H26N2O3S.